The van der Waals surface area contributed by atoms with Crippen molar-refractivity contribution in [1.29, 1.82) is 0 Å². The van der Waals surface area contributed by atoms with Gasteiger partial charge in [0.1, 0.15) is 5.82 Å². The van der Waals surface area contributed by atoms with Crippen LogP contribution in [0.15, 0.2) is 24.3 Å². The Balaban J connectivity index is 2.01. The van der Waals surface area contributed by atoms with Crippen molar-refractivity contribution < 1.29 is 9.90 Å². The number of para-hydroxylation sites is 2. The van der Waals surface area contributed by atoms with Crippen LogP contribution in [0.3, 0.4) is 0 Å². The lowest BCUT2D eigenvalue weighted by Gasteiger charge is -2.09. The van der Waals surface area contributed by atoms with Crippen LogP contribution in [-0.2, 0) is 17.8 Å². The standard InChI is InChI=1S/C17H25N3O2/c1-2-3-12-20-15-8-5-4-7-14(15)19-16(20)10-11-18-17(22)9-6-13-21/h4-5,7-8,21H,2-3,6,9-13H2,1H3,(H,18,22). The monoisotopic (exact) mass is 303 g/mol. The van der Waals surface area contributed by atoms with Crippen molar-refractivity contribution in [2.24, 2.45) is 0 Å². The molecule has 0 aliphatic heterocycles. The second-order valence-electron chi connectivity index (χ2n) is 5.45. The van der Waals surface area contributed by atoms with Crippen LogP contribution in [0.1, 0.15) is 38.4 Å². The third kappa shape index (κ3) is 4.31. The molecule has 22 heavy (non-hydrogen) atoms. The first-order valence-corrected chi connectivity index (χ1v) is 8.08. The van der Waals surface area contributed by atoms with Gasteiger partial charge in [0.15, 0.2) is 0 Å². The third-order valence-electron chi connectivity index (χ3n) is 3.70. The quantitative estimate of drug-likeness (QED) is 0.747. The summed E-state index contributed by atoms with van der Waals surface area (Å²) in [7, 11) is 0. The predicted molar refractivity (Wildman–Crippen MR) is 87.7 cm³/mol. The lowest BCUT2D eigenvalue weighted by atomic mass is 10.3. The molecule has 0 spiro atoms. The van der Waals surface area contributed by atoms with Crippen LogP contribution in [0.5, 0.6) is 0 Å². The van der Waals surface area contributed by atoms with Crippen molar-refractivity contribution in [3.63, 3.8) is 0 Å². The second-order valence-corrected chi connectivity index (χ2v) is 5.45. The fourth-order valence-corrected chi connectivity index (χ4v) is 2.52. The normalized spacial score (nSPS) is 11.0. The number of nitrogens with zero attached hydrogens (tertiary/aromatic N) is 2. The van der Waals surface area contributed by atoms with Gasteiger partial charge in [-0.2, -0.15) is 0 Å². The Bertz CT molecular complexity index is 607. The Morgan fingerprint density at radius 1 is 1.32 bits per heavy atom. The summed E-state index contributed by atoms with van der Waals surface area (Å²) >= 11 is 0. The number of amides is 1. The topological polar surface area (TPSA) is 67.2 Å². The summed E-state index contributed by atoms with van der Waals surface area (Å²) in [6.07, 6.45) is 3.88. The van der Waals surface area contributed by atoms with Gasteiger partial charge >= 0.3 is 0 Å². The molecule has 1 heterocycles. The first-order chi connectivity index (χ1) is 10.8. The number of hydrogen-bond acceptors (Lipinski definition) is 3. The molecule has 120 valence electrons. The summed E-state index contributed by atoms with van der Waals surface area (Å²) in [5, 5.41) is 11.6. The van der Waals surface area contributed by atoms with Crippen LogP contribution >= 0.6 is 0 Å². The number of nitrogens with one attached hydrogen (secondary N) is 1. The van der Waals surface area contributed by atoms with E-state index in [1.165, 1.54) is 0 Å². The molecule has 0 fully saturated rings. The number of aliphatic hydroxyl groups is 1. The van der Waals surface area contributed by atoms with Gasteiger partial charge in [0, 0.05) is 32.5 Å². The van der Waals surface area contributed by atoms with Crippen molar-refractivity contribution in [3.8, 4) is 0 Å². The first-order valence-electron chi connectivity index (χ1n) is 8.08. The van der Waals surface area contributed by atoms with E-state index in [-0.39, 0.29) is 12.5 Å². The van der Waals surface area contributed by atoms with Gasteiger partial charge < -0.3 is 15.0 Å². The van der Waals surface area contributed by atoms with Crippen LogP contribution in [-0.4, -0.2) is 33.7 Å². The zero-order valence-electron chi connectivity index (χ0n) is 13.2. The van der Waals surface area contributed by atoms with Crippen LogP contribution < -0.4 is 5.32 Å². The van der Waals surface area contributed by atoms with E-state index in [0.29, 0.717) is 19.4 Å². The number of unbranched alkanes of at least 4 members (excludes halogenated alkanes) is 1. The molecule has 0 aliphatic carbocycles. The van der Waals surface area contributed by atoms with Gasteiger partial charge in [-0.05, 0) is 25.0 Å². The zero-order valence-corrected chi connectivity index (χ0v) is 13.2. The number of hydrogen-bond donors (Lipinski definition) is 2. The molecule has 2 N–H and O–H groups in total. The number of carbonyl (C=O) groups is 1. The van der Waals surface area contributed by atoms with Gasteiger partial charge in [0.2, 0.25) is 5.91 Å². The number of carbonyl (C=O) groups excluding carboxylic acids is 1. The molecule has 1 aromatic carbocycles. The summed E-state index contributed by atoms with van der Waals surface area (Å²) in [5.41, 5.74) is 2.18. The number of fused-ring (bicyclic) bond motifs is 1. The van der Waals surface area contributed by atoms with E-state index in [1.807, 2.05) is 18.2 Å². The molecule has 0 radical (unpaired) electrons. The van der Waals surface area contributed by atoms with Gasteiger partial charge in [0.05, 0.1) is 11.0 Å². The smallest absolute Gasteiger partial charge is 0.220 e. The molecule has 0 atom stereocenters. The highest BCUT2D eigenvalue weighted by molar-refractivity contribution is 5.76. The SMILES string of the molecule is CCCCn1c(CCNC(=O)CCCO)nc2ccccc21. The Labute approximate surface area is 131 Å². The molecule has 1 aromatic heterocycles. The minimum absolute atomic E-state index is 0.00901. The molecule has 1 amide bonds. The van der Waals surface area contributed by atoms with E-state index in [4.69, 9.17) is 10.1 Å². The van der Waals surface area contributed by atoms with E-state index in [0.717, 1.165) is 42.7 Å². The van der Waals surface area contributed by atoms with Crippen LogP contribution in [0.2, 0.25) is 0 Å². The van der Waals surface area contributed by atoms with Gasteiger partial charge in [-0.3, -0.25) is 4.79 Å². The van der Waals surface area contributed by atoms with Crippen molar-refractivity contribution in [2.75, 3.05) is 13.2 Å². The maximum absolute atomic E-state index is 11.6. The summed E-state index contributed by atoms with van der Waals surface area (Å²) < 4.78 is 2.26. The van der Waals surface area contributed by atoms with Crippen molar-refractivity contribution >= 4 is 16.9 Å². The number of rotatable bonds is 9. The highest BCUT2D eigenvalue weighted by Crippen LogP contribution is 2.17. The van der Waals surface area contributed by atoms with Gasteiger partial charge in [-0.15, -0.1) is 0 Å². The summed E-state index contributed by atoms with van der Waals surface area (Å²) in [5.74, 6) is 1.02. The van der Waals surface area contributed by atoms with Crippen LogP contribution in [0.4, 0.5) is 0 Å². The molecule has 2 rings (SSSR count). The molecular weight excluding hydrogens is 278 g/mol. The van der Waals surface area contributed by atoms with E-state index >= 15 is 0 Å². The Hall–Kier alpha value is -1.88. The number of aryl methyl sites for hydroxylation is 1. The van der Waals surface area contributed by atoms with Crippen LogP contribution in [0.25, 0.3) is 11.0 Å². The molecule has 2 aromatic rings. The Morgan fingerprint density at radius 3 is 2.91 bits per heavy atom. The molecule has 0 saturated heterocycles. The molecular formula is C17H25N3O2. The number of aliphatic hydroxyl groups excluding tert-OH is 1. The van der Waals surface area contributed by atoms with Crippen LogP contribution in [0, 0.1) is 0 Å². The maximum Gasteiger partial charge on any atom is 0.220 e. The molecule has 0 bridgehead atoms. The van der Waals surface area contributed by atoms with E-state index in [2.05, 4.69) is 22.9 Å². The highest BCUT2D eigenvalue weighted by atomic mass is 16.3. The van der Waals surface area contributed by atoms with Crippen molar-refractivity contribution in [3.05, 3.63) is 30.1 Å². The fourth-order valence-electron chi connectivity index (χ4n) is 2.52. The summed E-state index contributed by atoms with van der Waals surface area (Å²) in [6, 6.07) is 8.16. The average molecular weight is 303 g/mol. The van der Waals surface area contributed by atoms with Crippen molar-refractivity contribution in [1.82, 2.24) is 14.9 Å². The number of imidazole rings is 1. The lowest BCUT2D eigenvalue weighted by Crippen LogP contribution is -2.26. The van der Waals surface area contributed by atoms with Gasteiger partial charge in [-0.1, -0.05) is 25.5 Å². The Kier molecular flexibility index (Phi) is 6.40. The first kappa shape index (κ1) is 16.5. The van der Waals surface area contributed by atoms with E-state index in [9.17, 15) is 4.79 Å². The fraction of sp³-hybridized carbons (Fsp3) is 0.529. The molecule has 0 aliphatic rings. The highest BCUT2D eigenvalue weighted by Gasteiger charge is 2.10. The molecule has 0 saturated carbocycles. The lowest BCUT2D eigenvalue weighted by molar-refractivity contribution is -0.121. The zero-order chi connectivity index (χ0) is 15.8. The number of benzene rings is 1. The number of aromatic nitrogens is 2. The molecule has 0 unspecified atom stereocenters. The van der Waals surface area contributed by atoms with Gasteiger partial charge in [0.25, 0.3) is 0 Å². The minimum atomic E-state index is -0.00901. The Morgan fingerprint density at radius 2 is 2.14 bits per heavy atom. The maximum atomic E-state index is 11.6. The van der Waals surface area contributed by atoms with E-state index in [1.54, 1.807) is 0 Å². The summed E-state index contributed by atoms with van der Waals surface area (Å²) in [6.45, 7) is 3.78. The van der Waals surface area contributed by atoms with Gasteiger partial charge in [-0.25, -0.2) is 4.98 Å². The van der Waals surface area contributed by atoms with Crippen molar-refractivity contribution in [2.45, 2.75) is 45.6 Å². The minimum Gasteiger partial charge on any atom is -0.396 e. The van der Waals surface area contributed by atoms with E-state index < -0.39 is 0 Å². The molecule has 5 nitrogen and oxygen atoms in total. The average Bonchev–Trinajstić information content (AvgIpc) is 2.88. The largest absolute Gasteiger partial charge is 0.396 e. The third-order valence-corrected chi connectivity index (χ3v) is 3.70. The summed E-state index contributed by atoms with van der Waals surface area (Å²) in [4.78, 5) is 16.3. The second kappa shape index (κ2) is 8.54. The predicted octanol–water partition coefficient (Wildman–Crippen LogP) is 2.27. The molecule has 5 heteroatoms.